The lowest BCUT2D eigenvalue weighted by atomic mass is 9.96. The molecule has 1 N–H and O–H groups in total. The van der Waals surface area contributed by atoms with E-state index in [4.69, 9.17) is 4.74 Å². The molecule has 0 aliphatic heterocycles. The third-order valence-electron chi connectivity index (χ3n) is 3.32. The highest BCUT2D eigenvalue weighted by atomic mass is 79.9. The fraction of sp³-hybridized carbons (Fsp3) is 0.647. The Morgan fingerprint density at radius 2 is 1.95 bits per heavy atom. The van der Waals surface area contributed by atoms with Crippen molar-refractivity contribution in [3.63, 3.8) is 0 Å². The van der Waals surface area contributed by atoms with Crippen LogP contribution in [0.15, 0.2) is 22.7 Å². The minimum Gasteiger partial charge on any atom is -0.494 e. The molecule has 0 bridgehead atoms. The van der Waals surface area contributed by atoms with Crippen molar-refractivity contribution in [2.24, 2.45) is 5.92 Å². The van der Waals surface area contributed by atoms with Gasteiger partial charge in [-0.15, -0.1) is 0 Å². The van der Waals surface area contributed by atoms with E-state index in [9.17, 15) is 0 Å². The van der Waals surface area contributed by atoms with Crippen LogP contribution in [0, 0.1) is 5.92 Å². The maximum Gasteiger partial charge on any atom is 0.124 e. The number of nitrogens with one attached hydrogen (secondary N) is 1. The molecule has 2 nitrogen and oxygen atoms in total. The first kappa shape index (κ1) is 17.5. The van der Waals surface area contributed by atoms with Gasteiger partial charge in [0.15, 0.2) is 0 Å². The van der Waals surface area contributed by atoms with Gasteiger partial charge in [0.05, 0.1) is 6.61 Å². The van der Waals surface area contributed by atoms with Crippen LogP contribution >= 0.6 is 15.9 Å². The van der Waals surface area contributed by atoms with Crippen LogP contribution in [0.1, 0.15) is 58.6 Å². The van der Waals surface area contributed by atoms with E-state index in [1.807, 2.05) is 13.0 Å². The Labute approximate surface area is 132 Å². The highest BCUT2D eigenvalue weighted by molar-refractivity contribution is 9.10. The highest BCUT2D eigenvalue weighted by Crippen LogP contribution is 2.32. The van der Waals surface area contributed by atoms with Crippen molar-refractivity contribution in [1.82, 2.24) is 5.32 Å². The molecule has 0 aliphatic carbocycles. The molecule has 0 radical (unpaired) electrons. The number of rotatable bonds is 9. The van der Waals surface area contributed by atoms with Crippen LogP contribution in [0.2, 0.25) is 0 Å². The predicted octanol–water partition coefficient (Wildman–Crippen LogP) is 5.32. The minimum atomic E-state index is 0.372. The van der Waals surface area contributed by atoms with Gasteiger partial charge < -0.3 is 10.1 Å². The molecule has 0 spiro atoms. The van der Waals surface area contributed by atoms with Crippen molar-refractivity contribution < 1.29 is 4.74 Å². The lowest BCUT2D eigenvalue weighted by Gasteiger charge is -2.23. The summed E-state index contributed by atoms with van der Waals surface area (Å²) in [6.07, 6.45) is 3.52. The van der Waals surface area contributed by atoms with Crippen LogP contribution in [0.25, 0.3) is 0 Å². The van der Waals surface area contributed by atoms with Crippen LogP contribution in [0.5, 0.6) is 5.75 Å². The van der Waals surface area contributed by atoms with Gasteiger partial charge in [-0.3, -0.25) is 0 Å². The van der Waals surface area contributed by atoms with Crippen molar-refractivity contribution in [2.75, 3.05) is 13.2 Å². The Kier molecular flexibility index (Phi) is 8.24. The molecule has 114 valence electrons. The number of benzene rings is 1. The Morgan fingerprint density at radius 3 is 2.55 bits per heavy atom. The monoisotopic (exact) mass is 341 g/mol. The van der Waals surface area contributed by atoms with Crippen molar-refractivity contribution in [2.45, 2.75) is 53.0 Å². The zero-order valence-electron chi connectivity index (χ0n) is 13.2. The maximum absolute atomic E-state index is 5.80. The fourth-order valence-electron chi connectivity index (χ4n) is 2.26. The van der Waals surface area contributed by atoms with E-state index in [-0.39, 0.29) is 0 Å². The summed E-state index contributed by atoms with van der Waals surface area (Å²) in [7, 11) is 0. The van der Waals surface area contributed by atoms with Crippen LogP contribution in [-0.4, -0.2) is 13.2 Å². The van der Waals surface area contributed by atoms with Gasteiger partial charge in [0, 0.05) is 16.1 Å². The topological polar surface area (TPSA) is 21.3 Å². The fourth-order valence-corrected chi connectivity index (χ4v) is 2.64. The summed E-state index contributed by atoms with van der Waals surface area (Å²) >= 11 is 3.58. The second kappa shape index (κ2) is 9.41. The molecule has 0 saturated carbocycles. The normalized spacial score (nSPS) is 12.7. The van der Waals surface area contributed by atoms with E-state index in [2.05, 4.69) is 54.2 Å². The van der Waals surface area contributed by atoms with Gasteiger partial charge in [-0.2, -0.15) is 0 Å². The molecule has 0 amide bonds. The average Bonchev–Trinajstić information content (AvgIpc) is 2.41. The van der Waals surface area contributed by atoms with Crippen molar-refractivity contribution in [1.29, 1.82) is 0 Å². The summed E-state index contributed by atoms with van der Waals surface area (Å²) in [5, 5.41) is 3.67. The summed E-state index contributed by atoms with van der Waals surface area (Å²) in [4.78, 5) is 0. The zero-order chi connectivity index (χ0) is 15.0. The quantitative estimate of drug-likeness (QED) is 0.655. The molecule has 0 heterocycles. The van der Waals surface area contributed by atoms with Gasteiger partial charge in [0.25, 0.3) is 0 Å². The molecule has 0 saturated heterocycles. The summed E-state index contributed by atoms with van der Waals surface area (Å²) in [6, 6.07) is 6.68. The van der Waals surface area contributed by atoms with Crippen LogP contribution < -0.4 is 10.1 Å². The lowest BCUT2D eigenvalue weighted by Crippen LogP contribution is -2.23. The van der Waals surface area contributed by atoms with Gasteiger partial charge in [0.2, 0.25) is 0 Å². The SMILES string of the molecule is CCCNC(CCC(C)C)c1cc(Br)ccc1OCC. The first-order valence-corrected chi connectivity index (χ1v) is 8.53. The molecular formula is C17H28BrNO. The van der Waals surface area contributed by atoms with Crippen LogP contribution in [0.4, 0.5) is 0 Å². The predicted molar refractivity (Wildman–Crippen MR) is 90.4 cm³/mol. The van der Waals surface area contributed by atoms with Crippen molar-refractivity contribution >= 4 is 15.9 Å². The van der Waals surface area contributed by atoms with Gasteiger partial charge in [0.1, 0.15) is 5.75 Å². The molecule has 0 aliphatic rings. The first-order valence-electron chi connectivity index (χ1n) is 7.74. The van der Waals surface area contributed by atoms with Crippen molar-refractivity contribution in [3.05, 3.63) is 28.2 Å². The zero-order valence-corrected chi connectivity index (χ0v) is 14.8. The van der Waals surface area contributed by atoms with Crippen LogP contribution in [-0.2, 0) is 0 Å². The van der Waals surface area contributed by atoms with Gasteiger partial charge in [-0.25, -0.2) is 0 Å². The molecule has 0 fully saturated rings. The number of halogens is 1. The van der Waals surface area contributed by atoms with E-state index in [0.29, 0.717) is 12.6 Å². The molecule has 1 aromatic rings. The van der Waals surface area contributed by atoms with Gasteiger partial charge in [-0.05, 0) is 56.8 Å². The number of hydrogen-bond donors (Lipinski definition) is 1. The van der Waals surface area contributed by atoms with Crippen molar-refractivity contribution in [3.8, 4) is 5.75 Å². The summed E-state index contributed by atoms with van der Waals surface area (Å²) in [6.45, 7) is 10.5. The highest BCUT2D eigenvalue weighted by Gasteiger charge is 2.16. The average molecular weight is 342 g/mol. The van der Waals surface area contributed by atoms with Crippen LogP contribution in [0.3, 0.4) is 0 Å². The third-order valence-corrected chi connectivity index (χ3v) is 3.81. The van der Waals surface area contributed by atoms with E-state index < -0.39 is 0 Å². The second-order valence-corrected chi connectivity index (χ2v) is 6.51. The minimum absolute atomic E-state index is 0.372. The molecule has 1 atom stereocenters. The van der Waals surface area contributed by atoms with Gasteiger partial charge >= 0.3 is 0 Å². The Morgan fingerprint density at radius 1 is 1.20 bits per heavy atom. The first-order chi connectivity index (χ1) is 9.58. The Balaban J connectivity index is 2.94. The standard InChI is InChI=1S/C17H28BrNO/c1-5-11-19-16(9-7-13(3)4)15-12-14(18)8-10-17(15)20-6-2/h8,10,12-13,16,19H,5-7,9,11H2,1-4H3. The largest absolute Gasteiger partial charge is 0.494 e. The summed E-state index contributed by atoms with van der Waals surface area (Å²) < 4.78 is 6.91. The smallest absolute Gasteiger partial charge is 0.124 e. The lowest BCUT2D eigenvalue weighted by molar-refractivity contribution is 0.327. The Bertz CT molecular complexity index is 393. The second-order valence-electron chi connectivity index (χ2n) is 5.59. The molecule has 1 rings (SSSR count). The van der Waals surface area contributed by atoms with E-state index in [1.54, 1.807) is 0 Å². The number of hydrogen-bond acceptors (Lipinski definition) is 2. The third kappa shape index (κ3) is 5.84. The summed E-state index contributed by atoms with van der Waals surface area (Å²) in [5.74, 6) is 1.73. The molecule has 0 aromatic heterocycles. The van der Waals surface area contributed by atoms with E-state index in [0.717, 1.165) is 35.5 Å². The summed E-state index contributed by atoms with van der Waals surface area (Å²) in [5.41, 5.74) is 1.27. The van der Waals surface area contributed by atoms with E-state index >= 15 is 0 Å². The number of ether oxygens (including phenoxy) is 1. The molecular weight excluding hydrogens is 314 g/mol. The van der Waals surface area contributed by atoms with Gasteiger partial charge in [-0.1, -0.05) is 36.7 Å². The molecule has 3 heteroatoms. The molecule has 1 aromatic carbocycles. The maximum atomic E-state index is 5.80. The molecule has 1 unspecified atom stereocenters. The van der Waals surface area contributed by atoms with E-state index in [1.165, 1.54) is 12.0 Å². The molecule has 20 heavy (non-hydrogen) atoms. The Hall–Kier alpha value is -0.540.